The van der Waals surface area contributed by atoms with E-state index in [4.69, 9.17) is 21.1 Å². The fraction of sp³-hybridized carbons (Fsp3) is 0.700. The molecule has 0 unspecified atom stereocenters. The first-order valence-electron chi connectivity index (χ1n) is 10.0. The maximum absolute atomic E-state index is 12.3. The van der Waals surface area contributed by atoms with Gasteiger partial charge in [0.15, 0.2) is 0 Å². The van der Waals surface area contributed by atoms with E-state index in [1.54, 1.807) is 4.90 Å². The van der Waals surface area contributed by atoms with Crippen LogP contribution in [0.1, 0.15) is 58.9 Å². The van der Waals surface area contributed by atoms with Crippen LogP contribution in [0.2, 0.25) is 5.15 Å². The molecule has 0 N–H and O–H groups in total. The third-order valence-electron chi connectivity index (χ3n) is 4.48. The fourth-order valence-electron chi connectivity index (χ4n) is 3.10. The molecule has 2 rings (SSSR count). The van der Waals surface area contributed by atoms with Crippen molar-refractivity contribution >= 4 is 29.5 Å². The Morgan fingerprint density at radius 2 is 1.86 bits per heavy atom. The standard InChI is InChI=1S/C20H31ClN4O4/c1-6-11-28-15(26)12-14(2)16-17(21)22-13-23-18(16)24-7-9-25(10-8-24)19(27)29-20(3,4)5/h13-14H,6-12H2,1-5H3/t14-/m1/s1. The molecule has 1 atom stereocenters. The number of hydrogen-bond acceptors (Lipinski definition) is 7. The molecule has 1 saturated heterocycles. The number of aromatic nitrogens is 2. The summed E-state index contributed by atoms with van der Waals surface area (Å²) < 4.78 is 10.6. The normalized spacial score (nSPS) is 15.8. The van der Waals surface area contributed by atoms with E-state index in [-0.39, 0.29) is 24.4 Å². The lowest BCUT2D eigenvalue weighted by molar-refractivity contribution is -0.144. The fourth-order valence-corrected chi connectivity index (χ4v) is 3.41. The van der Waals surface area contributed by atoms with Gasteiger partial charge in [-0.25, -0.2) is 14.8 Å². The van der Waals surface area contributed by atoms with Crippen molar-refractivity contribution in [2.24, 2.45) is 0 Å². The maximum Gasteiger partial charge on any atom is 0.410 e. The van der Waals surface area contributed by atoms with E-state index in [0.29, 0.717) is 43.8 Å². The van der Waals surface area contributed by atoms with Gasteiger partial charge in [-0.2, -0.15) is 0 Å². The van der Waals surface area contributed by atoms with Gasteiger partial charge in [-0.05, 0) is 33.1 Å². The van der Waals surface area contributed by atoms with Crippen molar-refractivity contribution in [2.45, 2.75) is 59.0 Å². The first-order valence-corrected chi connectivity index (χ1v) is 10.4. The smallest absolute Gasteiger partial charge is 0.410 e. The molecule has 0 aromatic carbocycles. The molecule has 1 fully saturated rings. The Bertz CT molecular complexity index is 715. The number of carbonyl (C=O) groups is 2. The summed E-state index contributed by atoms with van der Waals surface area (Å²) in [6.07, 6.45) is 2.09. The van der Waals surface area contributed by atoms with Gasteiger partial charge in [0.05, 0.1) is 13.0 Å². The van der Waals surface area contributed by atoms with Crippen molar-refractivity contribution in [3.05, 3.63) is 17.0 Å². The second kappa shape index (κ2) is 10.1. The first kappa shape index (κ1) is 23.2. The van der Waals surface area contributed by atoms with Gasteiger partial charge in [0, 0.05) is 31.7 Å². The third kappa shape index (κ3) is 6.73. The minimum Gasteiger partial charge on any atom is -0.466 e. The number of piperazine rings is 1. The van der Waals surface area contributed by atoms with Crippen molar-refractivity contribution in [3.8, 4) is 0 Å². The molecule has 162 valence electrons. The van der Waals surface area contributed by atoms with Gasteiger partial charge in [-0.3, -0.25) is 4.79 Å². The predicted molar refractivity (Wildman–Crippen MR) is 111 cm³/mol. The summed E-state index contributed by atoms with van der Waals surface area (Å²) in [7, 11) is 0. The number of anilines is 1. The number of esters is 1. The number of amides is 1. The second-order valence-electron chi connectivity index (χ2n) is 8.18. The van der Waals surface area contributed by atoms with Crippen LogP contribution in [0.4, 0.5) is 10.6 Å². The Morgan fingerprint density at radius 1 is 1.21 bits per heavy atom. The topological polar surface area (TPSA) is 84.9 Å². The van der Waals surface area contributed by atoms with Gasteiger partial charge >= 0.3 is 12.1 Å². The van der Waals surface area contributed by atoms with E-state index in [2.05, 4.69) is 14.9 Å². The molecule has 1 amide bonds. The largest absolute Gasteiger partial charge is 0.466 e. The Labute approximate surface area is 177 Å². The van der Waals surface area contributed by atoms with E-state index in [1.807, 2.05) is 34.6 Å². The molecule has 0 aliphatic carbocycles. The Kier molecular flexibility index (Phi) is 8.07. The predicted octanol–water partition coefficient (Wildman–Crippen LogP) is 3.63. The zero-order chi connectivity index (χ0) is 21.6. The van der Waals surface area contributed by atoms with Gasteiger partial charge in [-0.1, -0.05) is 25.4 Å². The van der Waals surface area contributed by atoms with Gasteiger partial charge in [0.25, 0.3) is 0 Å². The number of rotatable bonds is 6. The van der Waals surface area contributed by atoms with Crippen LogP contribution in [0.5, 0.6) is 0 Å². The SMILES string of the molecule is CCCOC(=O)C[C@@H](C)c1c(Cl)ncnc1N1CCN(C(=O)OC(C)(C)C)CC1. The van der Waals surface area contributed by atoms with E-state index in [9.17, 15) is 9.59 Å². The zero-order valence-electron chi connectivity index (χ0n) is 17.9. The quantitative estimate of drug-likeness (QED) is 0.507. The first-order chi connectivity index (χ1) is 13.6. The Hall–Kier alpha value is -2.09. The summed E-state index contributed by atoms with van der Waals surface area (Å²) in [5, 5.41) is 0.334. The van der Waals surface area contributed by atoms with Crippen LogP contribution in [0.15, 0.2) is 6.33 Å². The van der Waals surface area contributed by atoms with Crippen LogP contribution in [0.25, 0.3) is 0 Å². The highest BCUT2D eigenvalue weighted by Crippen LogP contribution is 2.33. The third-order valence-corrected chi connectivity index (χ3v) is 4.78. The van der Waals surface area contributed by atoms with Crippen molar-refractivity contribution in [1.29, 1.82) is 0 Å². The second-order valence-corrected chi connectivity index (χ2v) is 8.54. The van der Waals surface area contributed by atoms with E-state index in [0.717, 1.165) is 12.0 Å². The van der Waals surface area contributed by atoms with Crippen LogP contribution < -0.4 is 4.90 Å². The number of ether oxygens (including phenoxy) is 2. The lowest BCUT2D eigenvalue weighted by Gasteiger charge is -2.37. The minimum absolute atomic E-state index is 0.188. The highest BCUT2D eigenvalue weighted by atomic mass is 35.5. The van der Waals surface area contributed by atoms with E-state index in [1.165, 1.54) is 6.33 Å². The molecule has 8 nitrogen and oxygen atoms in total. The Morgan fingerprint density at radius 3 is 2.45 bits per heavy atom. The molecule has 1 aromatic heterocycles. The summed E-state index contributed by atoms with van der Waals surface area (Å²) >= 11 is 6.37. The summed E-state index contributed by atoms with van der Waals surface area (Å²) in [6.45, 7) is 12.0. The van der Waals surface area contributed by atoms with Crippen molar-refractivity contribution in [1.82, 2.24) is 14.9 Å². The highest BCUT2D eigenvalue weighted by Gasteiger charge is 2.29. The van der Waals surface area contributed by atoms with Crippen LogP contribution in [0.3, 0.4) is 0 Å². The van der Waals surface area contributed by atoms with Gasteiger partial charge in [0.1, 0.15) is 22.9 Å². The van der Waals surface area contributed by atoms with Crippen molar-refractivity contribution in [2.75, 3.05) is 37.7 Å². The average molecular weight is 427 g/mol. The molecule has 1 aromatic rings. The molecule has 2 heterocycles. The van der Waals surface area contributed by atoms with Gasteiger partial charge < -0.3 is 19.3 Å². The average Bonchev–Trinajstić information content (AvgIpc) is 2.64. The minimum atomic E-state index is -0.524. The molecule has 9 heteroatoms. The molecular formula is C20H31ClN4O4. The van der Waals surface area contributed by atoms with E-state index >= 15 is 0 Å². The van der Waals surface area contributed by atoms with Crippen molar-refractivity contribution < 1.29 is 19.1 Å². The van der Waals surface area contributed by atoms with Crippen LogP contribution in [-0.2, 0) is 14.3 Å². The van der Waals surface area contributed by atoms with E-state index < -0.39 is 5.60 Å². The number of nitrogens with zero attached hydrogens (tertiary/aromatic N) is 4. The monoisotopic (exact) mass is 426 g/mol. The van der Waals surface area contributed by atoms with Crippen LogP contribution in [-0.4, -0.2) is 65.3 Å². The molecule has 1 aliphatic rings. The van der Waals surface area contributed by atoms with Crippen molar-refractivity contribution in [3.63, 3.8) is 0 Å². The highest BCUT2D eigenvalue weighted by molar-refractivity contribution is 6.30. The number of halogens is 1. The molecule has 1 aliphatic heterocycles. The summed E-state index contributed by atoms with van der Waals surface area (Å²) in [5.41, 5.74) is 0.206. The molecule has 0 bridgehead atoms. The lowest BCUT2D eigenvalue weighted by atomic mass is 9.99. The molecular weight excluding hydrogens is 396 g/mol. The summed E-state index contributed by atoms with van der Waals surface area (Å²) in [5.74, 6) is 0.247. The van der Waals surface area contributed by atoms with Crippen LogP contribution >= 0.6 is 11.6 Å². The Balaban J connectivity index is 2.07. The zero-order valence-corrected chi connectivity index (χ0v) is 18.7. The lowest BCUT2D eigenvalue weighted by Crippen LogP contribution is -2.50. The number of carbonyl (C=O) groups excluding carboxylic acids is 2. The molecule has 0 saturated carbocycles. The molecule has 0 radical (unpaired) electrons. The van der Waals surface area contributed by atoms with Gasteiger partial charge in [-0.15, -0.1) is 0 Å². The maximum atomic E-state index is 12.3. The van der Waals surface area contributed by atoms with Crippen LogP contribution in [0, 0.1) is 0 Å². The summed E-state index contributed by atoms with van der Waals surface area (Å²) in [6, 6.07) is 0. The summed E-state index contributed by atoms with van der Waals surface area (Å²) in [4.78, 5) is 36.6. The number of hydrogen-bond donors (Lipinski definition) is 0. The van der Waals surface area contributed by atoms with Gasteiger partial charge in [0.2, 0.25) is 0 Å². The molecule has 29 heavy (non-hydrogen) atoms. The molecule has 0 spiro atoms.